The number of aromatic nitrogens is 2. The van der Waals surface area contributed by atoms with E-state index in [0.717, 1.165) is 31.6 Å². The molecule has 1 fully saturated rings. The van der Waals surface area contributed by atoms with Gasteiger partial charge in [-0.25, -0.2) is 4.39 Å². The van der Waals surface area contributed by atoms with Crippen molar-refractivity contribution in [1.29, 1.82) is 5.26 Å². The maximum absolute atomic E-state index is 13.0. The van der Waals surface area contributed by atoms with Gasteiger partial charge in [0.05, 0.1) is 11.6 Å². The van der Waals surface area contributed by atoms with E-state index < -0.39 is 0 Å². The van der Waals surface area contributed by atoms with E-state index in [1.54, 1.807) is 12.1 Å². The Hall–Kier alpha value is -3.73. The lowest BCUT2D eigenvalue weighted by molar-refractivity contribution is -0.122. The van der Waals surface area contributed by atoms with E-state index >= 15 is 0 Å². The number of piperidine rings is 1. The number of benzene rings is 2. The Morgan fingerprint density at radius 3 is 2.56 bits per heavy atom. The molecule has 1 aliphatic rings. The lowest BCUT2D eigenvalue weighted by Crippen LogP contribution is -2.44. The second kappa shape index (κ2) is 10.1. The third-order valence-corrected chi connectivity index (χ3v) is 5.59. The summed E-state index contributed by atoms with van der Waals surface area (Å²) in [4.78, 5) is 18.9. The van der Waals surface area contributed by atoms with Crippen LogP contribution in [0, 0.1) is 17.1 Å². The van der Waals surface area contributed by atoms with Gasteiger partial charge in [0.15, 0.2) is 0 Å². The van der Waals surface area contributed by atoms with Crippen molar-refractivity contribution in [2.24, 2.45) is 0 Å². The summed E-state index contributed by atoms with van der Waals surface area (Å²) in [5.74, 6) is 0.592. The van der Waals surface area contributed by atoms with Crippen LogP contribution in [0.2, 0.25) is 0 Å². The fourth-order valence-electron chi connectivity index (χ4n) is 3.80. The molecule has 1 amide bonds. The number of hydrogen-bond donors (Lipinski definition) is 1. The average Bonchev–Trinajstić information content (AvgIpc) is 3.29. The number of nitriles is 1. The fourth-order valence-corrected chi connectivity index (χ4v) is 3.80. The number of amides is 1. The van der Waals surface area contributed by atoms with Crippen LogP contribution >= 0.6 is 0 Å². The predicted molar refractivity (Wildman–Crippen MR) is 117 cm³/mol. The molecular formula is C24H24FN5O2. The molecular weight excluding hydrogens is 409 g/mol. The molecule has 1 aliphatic heterocycles. The number of nitrogens with one attached hydrogen (secondary N) is 1. The van der Waals surface area contributed by atoms with Crippen molar-refractivity contribution in [1.82, 2.24) is 15.5 Å². The van der Waals surface area contributed by atoms with Crippen molar-refractivity contribution in [3.63, 3.8) is 0 Å². The van der Waals surface area contributed by atoms with E-state index in [0.29, 0.717) is 42.1 Å². The van der Waals surface area contributed by atoms with Gasteiger partial charge in [-0.15, -0.1) is 0 Å². The second-order valence-electron chi connectivity index (χ2n) is 7.86. The number of carbonyl (C=O) groups is 1. The molecule has 3 aromatic rings. The van der Waals surface area contributed by atoms with Gasteiger partial charge in [-0.05, 0) is 67.8 Å². The zero-order valence-electron chi connectivity index (χ0n) is 17.6. The molecule has 1 saturated heterocycles. The van der Waals surface area contributed by atoms with Crippen LogP contribution in [0.3, 0.4) is 0 Å². The molecule has 32 heavy (non-hydrogen) atoms. The molecule has 8 heteroatoms. The lowest BCUT2D eigenvalue weighted by atomic mass is 10.0. The quantitative estimate of drug-likeness (QED) is 0.608. The summed E-state index contributed by atoms with van der Waals surface area (Å²) in [5, 5.41) is 16.0. The largest absolute Gasteiger partial charge is 0.371 e. The molecule has 0 radical (unpaired) electrons. The Bertz CT molecular complexity index is 1080. The molecule has 0 spiro atoms. The van der Waals surface area contributed by atoms with Crippen LogP contribution in [-0.4, -0.2) is 35.2 Å². The van der Waals surface area contributed by atoms with Crippen molar-refractivity contribution in [3.05, 3.63) is 65.8 Å². The summed E-state index contributed by atoms with van der Waals surface area (Å²) >= 11 is 0. The van der Waals surface area contributed by atoms with Gasteiger partial charge >= 0.3 is 0 Å². The summed E-state index contributed by atoms with van der Waals surface area (Å²) in [6.45, 7) is 1.73. The molecule has 0 atom stereocenters. The molecule has 2 heterocycles. The zero-order valence-corrected chi connectivity index (χ0v) is 17.6. The first-order valence-corrected chi connectivity index (χ1v) is 10.7. The third kappa shape index (κ3) is 5.49. The zero-order chi connectivity index (χ0) is 22.3. The number of anilines is 1. The third-order valence-electron chi connectivity index (χ3n) is 5.59. The van der Waals surface area contributed by atoms with Crippen LogP contribution in [0.4, 0.5) is 10.1 Å². The molecule has 1 N–H and O–H groups in total. The topological polar surface area (TPSA) is 95.1 Å². The average molecular weight is 433 g/mol. The van der Waals surface area contributed by atoms with E-state index in [1.165, 1.54) is 12.1 Å². The molecule has 7 nitrogen and oxygen atoms in total. The van der Waals surface area contributed by atoms with E-state index in [2.05, 4.69) is 26.4 Å². The Balaban J connectivity index is 1.17. The van der Waals surface area contributed by atoms with E-state index in [-0.39, 0.29) is 17.8 Å². The van der Waals surface area contributed by atoms with Crippen LogP contribution < -0.4 is 10.2 Å². The monoisotopic (exact) mass is 433 g/mol. The number of carbonyl (C=O) groups excluding carboxylic acids is 1. The first kappa shape index (κ1) is 21.5. The molecule has 2 aromatic carbocycles. The van der Waals surface area contributed by atoms with Crippen LogP contribution in [0.5, 0.6) is 0 Å². The highest BCUT2D eigenvalue weighted by Crippen LogP contribution is 2.21. The highest BCUT2D eigenvalue weighted by atomic mass is 19.1. The number of halogens is 1. The fraction of sp³-hybridized carbons (Fsp3) is 0.333. The standard InChI is InChI=1S/C24H24FN5O2/c25-19-8-6-18(7-9-19)24-28-23(32-29-24)3-1-2-22(31)27-20-12-14-30(15-13-20)21-10-4-17(16-26)5-11-21/h4-11,20H,1-3,12-15H2,(H,27,31). The van der Waals surface area contributed by atoms with Crippen LogP contribution in [-0.2, 0) is 11.2 Å². The number of nitrogens with zero attached hydrogens (tertiary/aromatic N) is 4. The Kier molecular flexibility index (Phi) is 6.75. The van der Waals surface area contributed by atoms with E-state index in [4.69, 9.17) is 9.78 Å². The molecule has 0 aliphatic carbocycles. The SMILES string of the molecule is N#Cc1ccc(N2CCC(NC(=O)CCCc3nc(-c4ccc(F)cc4)no3)CC2)cc1. The lowest BCUT2D eigenvalue weighted by Gasteiger charge is -2.34. The molecule has 0 unspecified atom stereocenters. The molecule has 4 rings (SSSR count). The maximum atomic E-state index is 13.0. The van der Waals surface area contributed by atoms with Crippen molar-refractivity contribution in [2.45, 2.75) is 38.1 Å². The summed E-state index contributed by atoms with van der Waals surface area (Å²) in [6, 6.07) is 15.8. The normalized spacial score (nSPS) is 14.2. The van der Waals surface area contributed by atoms with Gasteiger partial charge in [-0.3, -0.25) is 4.79 Å². The van der Waals surface area contributed by atoms with Crippen LogP contribution in [0.25, 0.3) is 11.4 Å². The molecule has 164 valence electrons. The summed E-state index contributed by atoms with van der Waals surface area (Å²) < 4.78 is 18.3. The van der Waals surface area contributed by atoms with Crippen molar-refractivity contribution < 1.29 is 13.7 Å². The summed E-state index contributed by atoms with van der Waals surface area (Å²) in [6.07, 6.45) is 3.29. The van der Waals surface area contributed by atoms with Gasteiger partial charge in [0.2, 0.25) is 17.6 Å². The molecule has 0 saturated carbocycles. The first-order valence-electron chi connectivity index (χ1n) is 10.7. The number of hydrogen-bond acceptors (Lipinski definition) is 6. The Morgan fingerprint density at radius 2 is 1.88 bits per heavy atom. The second-order valence-corrected chi connectivity index (χ2v) is 7.86. The summed E-state index contributed by atoms with van der Waals surface area (Å²) in [7, 11) is 0. The van der Waals surface area contributed by atoms with Crippen LogP contribution in [0.15, 0.2) is 53.1 Å². The van der Waals surface area contributed by atoms with Gasteiger partial charge in [0.1, 0.15) is 5.82 Å². The first-order chi connectivity index (χ1) is 15.6. The van der Waals surface area contributed by atoms with Gasteiger partial charge in [0.25, 0.3) is 0 Å². The minimum Gasteiger partial charge on any atom is -0.371 e. The smallest absolute Gasteiger partial charge is 0.226 e. The van der Waals surface area contributed by atoms with Gasteiger partial charge < -0.3 is 14.7 Å². The van der Waals surface area contributed by atoms with E-state index in [9.17, 15) is 9.18 Å². The van der Waals surface area contributed by atoms with E-state index in [1.807, 2.05) is 24.3 Å². The Morgan fingerprint density at radius 1 is 1.16 bits per heavy atom. The maximum Gasteiger partial charge on any atom is 0.226 e. The number of rotatable bonds is 7. The van der Waals surface area contributed by atoms with Gasteiger partial charge in [0, 0.05) is 43.2 Å². The van der Waals surface area contributed by atoms with Gasteiger partial charge in [-0.2, -0.15) is 10.2 Å². The molecule has 0 bridgehead atoms. The minimum atomic E-state index is -0.316. The Labute approximate surface area is 185 Å². The van der Waals surface area contributed by atoms with Crippen LogP contribution in [0.1, 0.15) is 37.1 Å². The number of aryl methyl sites for hydroxylation is 1. The van der Waals surface area contributed by atoms with Gasteiger partial charge in [-0.1, -0.05) is 5.16 Å². The highest BCUT2D eigenvalue weighted by molar-refractivity contribution is 5.76. The van der Waals surface area contributed by atoms with Crippen molar-refractivity contribution >= 4 is 11.6 Å². The summed E-state index contributed by atoms with van der Waals surface area (Å²) in [5.41, 5.74) is 2.45. The van der Waals surface area contributed by atoms with Crippen molar-refractivity contribution in [3.8, 4) is 17.5 Å². The minimum absolute atomic E-state index is 0.0279. The van der Waals surface area contributed by atoms with Crippen molar-refractivity contribution in [2.75, 3.05) is 18.0 Å². The highest BCUT2D eigenvalue weighted by Gasteiger charge is 2.21. The molecule has 1 aromatic heterocycles. The predicted octanol–water partition coefficient (Wildman–Crippen LogP) is 3.86.